The first-order valence-corrected chi connectivity index (χ1v) is 9.18. The summed E-state index contributed by atoms with van der Waals surface area (Å²) < 4.78 is 1.75. The molecule has 0 aliphatic carbocycles. The Bertz CT molecular complexity index is 881. The van der Waals surface area contributed by atoms with Gasteiger partial charge in [-0.25, -0.2) is 14.5 Å². The van der Waals surface area contributed by atoms with Gasteiger partial charge in [-0.2, -0.15) is 5.10 Å². The largest absolute Gasteiger partial charge is 0.322 e. The number of pyridine rings is 1. The molecule has 3 aromatic rings. The number of hydrogen-bond acceptors (Lipinski definition) is 4. The minimum absolute atomic E-state index is 0.0681. The standard InChI is InChI=1S/C20H22N6O/c27-20(26-10-2-1-8-19(26)17-6-4-9-21-12-17)24-18-7-3-5-16(11-18)13-25-15-22-14-23-25/h3-7,9,11-12,14-15,19H,1-2,8,10,13H2,(H,24,27)/t19-/m1/s1. The summed E-state index contributed by atoms with van der Waals surface area (Å²) in [5.74, 6) is 0. The summed E-state index contributed by atoms with van der Waals surface area (Å²) in [5.41, 5.74) is 2.93. The van der Waals surface area contributed by atoms with Crippen molar-refractivity contribution in [1.29, 1.82) is 0 Å². The fourth-order valence-corrected chi connectivity index (χ4v) is 3.54. The van der Waals surface area contributed by atoms with Crippen molar-refractivity contribution in [1.82, 2.24) is 24.6 Å². The normalized spacial score (nSPS) is 16.9. The van der Waals surface area contributed by atoms with Gasteiger partial charge in [0.25, 0.3) is 0 Å². The highest BCUT2D eigenvalue weighted by Gasteiger charge is 2.28. The van der Waals surface area contributed by atoms with Crippen LogP contribution in [0.4, 0.5) is 10.5 Å². The number of amides is 2. The van der Waals surface area contributed by atoms with Crippen molar-refractivity contribution in [3.63, 3.8) is 0 Å². The molecule has 0 radical (unpaired) electrons. The van der Waals surface area contributed by atoms with Crippen LogP contribution in [0.1, 0.15) is 36.4 Å². The first-order valence-electron chi connectivity index (χ1n) is 9.18. The molecule has 1 N–H and O–H groups in total. The molecular formula is C20H22N6O. The van der Waals surface area contributed by atoms with Crippen LogP contribution in [0.5, 0.6) is 0 Å². The quantitative estimate of drug-likeness (QED) is 0.771. The fraction of sp³-hybridized carbons (Fsp3) is 0.300. The van der Waals surface area contributed by atoms with Crippen molar-refractivity contribution in [2.24, 2.45) is 0 Å². The monoisotopic (exact) mass is 362 g/mol. The lowest BCUT2D eigenvalue weighted by molar-refractivity contribution is 0.163. The summed E-state index contributed by atoms with van der Waals surface area (Å²) in [6, 6.07) is 11.8. The van der Waals surface area contributed by atoms with E-state index in [1.165, 1.54) is 6.33 Å². The number of carbonyl (C=O) groups excluding carboxylic acids is 1. The van der Waals surface area contributed by atoms with E-state index in [9.17, 15) is 4.79 Å². The summed E-state index contributed by atoms with van der Waals surface area (Å²) >= 11 is 0. The molecule has 7 heteroatoms. The SMILES string of the molecule is O=C(Nc1cccc(Cn2cncn2)c1)N1CCCC[C@@H]1c1cccnc1. The maximum atomic E-state index is 12.9. The molecule has 1 saturated heterocycles. The summed E-state index contributed by atoms with van der Waals surface area (Å²) in [6.45, 7) is 1.37. The zero-order chi connectivity index (χ0) is 18.5. The maximum absolute atomic E-state index is 12.9. The Labute approximate surface area is 158 Å². The Hall–Kier alpha value is -3.22. The summed E-state index contributed by atoms with van der Waals surface area (Å²) in [4.78, 5) is 23.0. The Morgan fingerprint density at radius 3 is 2.96 bits per heavy atom. The average molecular weight is 362 g/mol. The number of urea groups is 1. The molecule has 4 rings (SSSR count). The van der Waals surface area contributed by atoms with Crippen molar-refractivity contribution in [2.75, 3.05) is 11.9 Å². The molecule has 1 aliphatic heterocycles. The minimum atomic E-state index is -0.0681. The predicted octanol–water partition coefficient (Wildman–Crippen LogP) is 3.48. The third-order valence-corrected chi connectivity index (χ3v) is 4.82. The second kappa shape index (κ2) is 7.99. The van der Waals surface area contributed by atoms with Gasteiger partial charge in [0.2, 0.25) is 0 Å². The van der Waals surface area contributed by atoms with Gasteiger partial charge >= 0.3 is 6.03 Å². The number of piperidine rings is 1. The van der Waals surface area contributed by atoms with Gasteiger partial charge in [-0.1, -0.05) is 18.2 Å². The molecule has 1 fully saturated rings. The molecule has 2 aromatic heterocycles. The number of nitrogens with zero attached hydrogens (tertiary/aromatic N) is 5. The predicted molar refractivity (Wildman–Crippen MR) is 102 cm³/mol. The van der Waals surface area contributed by atoms with Crippen molar-refractivity contribution in [2.45, 2.75) is 31.8 Å². The highest BCUT2D eigenvalue weighted by atomic mass is 16.2. The highest BCUT2D eigenvalue weighted by Crippen LogP contribution is 2.31. The second-order valence-corrected chi connectivity index (χ2v) is 6.71. The zero-order valence-corrected chi connectivity index (χ0v) is 15.0. The molecule has 1 aliphatic rings. The van der Waals surface area contributed by atoms with Crippen LogP contribution in [-0.4, -0.2) is 37.2 Å². The minimum Gasteiger partial charge on any atom is -0.317 e. The van der Waals surface area contributed by atoms with Gasteiger partial charge in [0, 0.05) is 24.6 Å². The Balaban J connectivity index is 1.47. The Kier molecular flexibility index (Phi) is 5.09. The maximum Gasteiger partial charge on any atom is 0.322 e. The molecule has 0 saturated carbocycles. The van der Waals surface area contributed by atoms with Crippen LogP contribution in [0.3, 0.4) is 0 Å². The van der Waals surface area contributed by atoms with Crippen LogP contribution in [-0.2, 0) is 6.54 Å². The number of benzene rings is 1. The lowest BCUT2D eigenvalue weighted by Crippen LogP contribution is -2.41. The number of carbonyl (C=O) groups is 1. The molecule has 3 heterocycles. The van der Waals surface area contributed by atoms with E-state index < -0.39 is 0 Å². The second-order valence-electron chi connectivity index (χ2n) is 6.71. The van der Waals surface area contributed by atoms with E-state index >= 15 is 0 Å². The third-order valence-electron chi connectivity index (χ3n) is 4.82. The van der Waals surface area contributed by atoms with Crippen LogP contribution >= 0.6 is 0 Å². The van der Waals surface area contributed by atoms with E-state index in [0.717, 1.165) is 42.6 Å². The van der Waals surface area contributed by atoms with Crippen molar-refractivity contribution >= 4 is 11.7 Å². The molecular weight excluding hydrogens is 340 g/mol. The lowest BCUT2D eigenvalue weighted by Gasteiger charge is -2.35. The van der Waals surface area contributed by atoms with Crippen LogP contribution in [0.25, 0.3) is 0 Å². The summed E-state index contributed by atoms with van der Waals surface area (Å²) in [6.07, 6.45) is 9.92. The lowest BCUT2D eigenvalue weighted by atomic mass is 9.97. The first-order chi connectivity index (χ1) is 13.3. The van der Waals surface area contributed by atoms with Gasteiger partial charge in [0.05, 0.1) is 12.6 Å². The van der Waals surface area contributed by atoms with Crippen molar-refractivity contribution in [3.8, 4) is 0 Å². The molecule has 0 spiro atoms. The molecule has 0 unspecified atom stereocenters. The van der Waals surface area contributed by atoms with E-state index in [0.29, 0.717) is 6.54 Å². The highest BCUT2D eigenvalue weighted by molar-refractivity contribution is 5.89. The van der Waals surface area contributed by atoms with Gasteiger partial charge in [0.15, 0.2) is 0 Å². The summed E-state index contributed by atoms with van der Waals surface area (Å²) in [7, 11) is 0. The number of rotatable bonds is 4. The fourth-order valence-electron chi connectivity index (χ4n) is 3.54. The number of nitrogens with one attached hydrogen (secondary N) is 1. The van der Waals surface area contributed by atoms with Gasteiger partial charge in [-0.3, -0.25) is 4.98 Å². The molecule has 138 valence electrons. The van der Waals surface area contributed by atoms with E-state index in [4.69, 9.17) is 0 Å². The van der Waals surface area contributed by atoms with Crippen molar-refractivity contribution in [3.05, 3.63) is 72.6 Å². The van der Waals surface area contributed by atoms with E-state index in [1.807, 2.05) is 47.5 Å². The third kappa shape index (κ3) is 4.13. The Morgan fingerprint density at radius 2 is 2.15 bits per heavy atom. The molecule has 0 bridgehead atoms. The van der Waals surface area contributed by atoms with Gasteiger partial charge in [-0.05, 0) is 48.6 Å². The molecule has 2 amide bonds. The number of hydrogen-bond donors (Lipinski definition) is 1. The number of likely N-dealkylation sites (tertiary alicyclic amines) is 1. The van der Waals surface area contributed by atoms with E-state index in [-0.39, 0.29) is 12.1 Å². The van der Waals surface area contributed by atoms with Crippen LogP contribution in [0, 0.1) is 0 Å². The molecule has 7 nitrogen and oxygen atoms in total. The number of anilines is 1. The van der Waals surface area contributed by atoms with Gasteiger partial charge in [-0.15, -0.1) is 0 Å². The average Bonchev–Trinajstić information content (AvgIpc) is 3.22. The zero-order valence-electron chi connectivity index (χ0n) is 15.0. The molecule has 1 atom stereocenters. The summed E-state index contributed by atoms with van der Waals surface area (Å²) in [5, 5.41) is 7.18. The number of aromatic nitrogens is 4. The topological polar surface area (TPSA) is 75.9 Å². The Morgan fingerprint density at radius 1 is 1.19 bits per heavy atom. The van der Waals surface area contributed by atoms with Gasteiger partial charge in [0.1, 0.15) is 12.7 Å². The van der Waals surface area contributed by atoms with Gasteiger partial charge < -0.3 is 10.2 Å². The molecule has 27 heavy (non-hydrogen) atoms. The van der Waals surface area contributed by atoms with E-state index in [2.05, 4.69) is 20.4 Å². The van der Waals surface area contributed by atoms with Crippen LogP contribution < -0.4 is 5.32 Å². The van der Waals surface area contributed by atoms with Crippen molar-refractivity contribution < 1.29 is 4.79 Å². The van der Waals surface area contributed by atoms with Crippen LogP contribution in [0.15, 0.2) is 61.4 Å². The van der Waals surface area contributed by atoms with E-state index in [1.54, 1.807) is 17.2 Å². The molecule has 1 aromatic carbocycles. The smallest absolute Gasteiger partial charge is 0.317 e. The first kappa shape index (κ1) is 17.2. The van der Waals surface area contributed by atoms with Crippen LogP contribution in [0.2, 0.25) is 0 Å².